The summed E-state index contributed by atoms with van der Waals surface area (Å²) in [7, 11) is 3.60. The van der Waals surface area contributed by atoms with Crippen LogP contribution in [0.4, 0.5) is 0 Å². The number of nitrogens with zero attached hydrogens (tertiary/aromatic N) is 4. The average molecular weight is 289 g/mol. The van der Waals surface area contributed by atoms with Crippen molar-refractivity contribution in [2.24, 2.45) is 7.05 Å². The van der Waals surface area contributed by atoms with E-state index in [4.69, 9.17) is 4.74 Å². The van der Waals surface area contributed by atoms with Gasteiger partial charge in [0.25, 0.3) is 0 Å². The molecule has 0 aromatic carbocycles. The van der Waals surface area contributed by atoms with Gasteiger partial charge in [0.1, 0.15) is 0 Å². The van der Waals surface area contributed by atoms with Gasteiger partial charge in [0.15, 0.2) is 5.82 Å². The summed E-state index contributed by atoms with van der Waals surface area (Å²) in [6.07, 6.45) is 4.65. The lowest BCUT2D eigenvalue weighted by Crippen LogP contribution is -2.22. The first-order valence-corrected chi connectivity index (χ1v) is 7.14. The second kappa shape index (κ2) is 7.28. The maximum Gasteiger partial charge on any atom is 0.162 e. The lowest BCUT2D eigenvalue weighted by atomic mass is 10.1. The number of methoxy groups -OCH3 is 1. The highest BCUT2D eigenvalue weighted by atomic mass is 16.5. The van der Waals surface area contributed by atoms with Gasteiger partial charge in [-0.1, -0.05) is 0 Å². The average Bonchev–Trinajstić information content (AvgIpc) is 2.87. The molecule has 0 aliphatic carbocycles. The highest BCUT2D eigenvalue weighted by molar-refractivity contribution is 5.53. The quantitative estimate of drug-likeness (QED) is 0.778. The van der Waals surface area contributed by atoms with Gasteiger partial charge in [-0.25, -0.2) is 9.97 Å². The first kappa shape index (κ1) is 15.6. The Morgan fingerprint density at radius 2 is 1.90 bits per heavy atom. The van der Waals surface area contributed by atoms with Gasteiger partial charge < -0.3 is 10.1 Å². The van der Waals surface area contributed by atoms with Crippen LogP contribution in [0.1, 0.15) is 17.0 Å². The van der Waals surface area contributed by atoms with E-state index in [2.05, 4.69) is 20.4 Å². The normalized spacial score (nSPS) is 11.0. The summed E-state index contributed by atoms with van der Waals surface area (Å²) in [5.41, 5.74) is 4.24. The first-order valence-electron chi connectivity index (χ1n) is 7.14. The van der Waals surface area contributed by atoms with Crippen LogP contribution in [0.2, 0.25) is 0 Å². The van der Waals surface area contributed by atoms with Crippen LogP contribution >= 0.6 is 0 Å². The Hall–Kier alpha value is -1.79. The summed E-state index contributed by atoms with van der Waals surface area (Å²) in [4.78, 5) is 9.23. The fourth-order valence-corrected chi connectivity index (χ4v) is 2.28. The van der Waals surface area contributed by atoms with Crippen molar-refractivity contribution in [2.45, 2.75) is 20.3 Å². The van der Waals surface area contributed by atoms with Gasteiger partial charge in [0.2, 0.25) is 0 Å². The van der Waals surface area contributed by atoms with Crippen LogP contribution in [0.5, 0.6) is 0 Å². The topological polar surface area (TPSA) is 64.9 Å². The Bertz CT molecular complexity index is 570. The zero-order valence-corrected chi connectivity index (χ0v) is 13.2. The molecule has 6 nitrogen and oxygen atoms in total. The predicted octanol–water partition coefficient (Wildman–Crippen LogP) is 1.27. The minimum atomic E-state index is 0.731. The Labute approximate surface area is 125 Å². The molecule has 0 fully saturated rings. The number of hydrogen-bond donors (Lipinski definition) is 1. The largest absolute Gasteiger partial charge is 0.383 e. The van der Waals surface area contributed by atoms with Gasteiger partial charge in [-0.2, -0.15) is 5.10 Å². The third kappa shape index (κ3) is 4.09. The fraction of sp³-hybridized carbons (Fsp3) is 0.533. The molecule has 2 aromatic rings. The number of aryl methyl sites for hydroxylation is 3. The van der Waals surface area contributed by atoms with Crippen molar-refractivity contribution < 1.29 is 4.74 Å². The first-order chi connectivity index (χ1) is 10.1. The molecule has 114 valence electrons. The van der Waals surface area contributed by atoms with Crippen molar-refractivity contribution in [3.63, 3.8) is 0 Å². The van der Waals surface area contributed by atoms with Crippen molar-refractivity contribution in [3.05, 3.63) is 29.3 Å². The molecule has 0 bridgehead atoms. The van der Waals surface area contributed by atoms with Crippen LogP contribution in [-0.2, 0) is 18.2 Å². The van der Waals surface area contributed by atoms with Gasteiger partial charge in [0.05, 0.1) is 18.4 Å². The number of aromatic nitrogens is 4. The SMILES string of the molecule is COCCNCCc1c(C)nc(-c2cnn(C)c2)nc1C. The number of hydrogen-bond acceptors (Lipinski definition) is 5. The minimum absolute atomic E-state index is 0.731. The molecule has 0 spiro atoms. The van der Waals surface area contributed by atoms with Gasteiger partial charge in [-0.05, 0) is 32.4 Å². The molecule has 0 aliphatic heterocycles. The molecular weight excluding hydrogens is 266 g/mol. The van der Waals surface area contributed by atoms with Crippen LogP contribution in [0.15, 0.2) is 12.4 Å². The molecule has 0 saturated heterocycles. The van der Waals surface area contributed by atoms with E-state index in [1.54, 1.807) is 18.0 Å². The van der Waals surface area contributed by atoms with E-state index in [0.29, 0.717) is 0 Å². The molecule has 1 N–H and O–H groups in total. The van der Waals surface area contributed by atoms with Crippen molar-refractivity contribution in [1.29, 1.82) is 0 Å². The molecule has 2 rings (SSSR count). The van der Waals surface area contributed by atoms with Crippen molar-refractivity contribution in [1.82, 2.24) is 25.1 Å². The number of rotatable bonds is 7. The molecule has 6 heteroatoms. The van der Waals surface area contributed by atoms with Gasteiger partial charge in [0, 0.05) is 38.3 Å². The lowest BCUT2D eigenvalue weighted by molar-refractivity contribution is 0.199. The number of ether oxygens (including phenoxy) is 1. The summed E-state index contributed by atoms with van der Waals surface area (Å²) < 4.78 is 6.77. The molecule has 0 aliphatic rings. The molecule has 2 aromatic heterocycles. The zero-order valence-electron chi connectivity index (χ0n) is 13.2. The fourth-order valence-electron chi connectivity index (χ4n) is 2.28. The molecule has 0 radical (unpaired) electrons. The van der Waals surface area contributed by atoms with E-state index in [1.807, 2.05) is 27.1 Å². The highest BCUT2D eigenvalue weighted by Gasteiger charge is 2.10. The van der Waals surface area contributed by atoms with Crippen LogP contribution in [-0.4, -0.2) is 46.6 Å². The van der Waals surface area contributed by atoms with Crippen LogP contribution in [0, 0.1) is 13.8 Å². The lowest BCUT2D eigenvalue weighted by Gasteiger charge is -2.11. The van der Waals surface area contributed by atoms with Crippen molar-refractivity contribution in [2.75, 3.05) is 26.8 Å². The standard InChI is InChI=1S/C15H23N5O/c1-11-14(5-6-16-7-8-21-4)12(2)19-15(18-11)13-9-17-20(3)10-13/h9-10,16H,5-8H2,1-4H3. The summed E-state index contributed by atoms with van der Waals surface area (Å²) >= 11 is 0. The molecule has 2 heterocycles. The molecule has 0 unspecified atom stereocenters. The summed E-state index contributed by atoms with van der Waals surface area (Å²) in [5.74, 6) is 0.745. The van der Waals surface area contributed by atoms with E-state index in [-0.39, 0.29) is 0 Å². The second-order valence-electron chi connectivity index (χ2n) is 5.09. The van der Waals surface area contributed by atoms with E-state index in [0.717, 1.165) is 48.9 Å². The van der Waals surface area contributed by atoms with E-state index < -0.39 is 0 Å². The Morgan fingerprint density at radius 1 is 1.19 bits per heavy atom. The van der Waals surface area contributed by atoms with Gasteiger partial charge in [-0.3, -0.25) is 4.68 Å². The summed E-state index contributed by atoms with van der Waals surface area (Å²) in [6, 6.07) is 0. The van der Waals surface area contributed by atoms with Crippen LogP contribution in [0.25, 0.3) is 11.4 Å². The van der Waals surface area contributed by atoms with E-state index >= 15 is 0 Å². The van der Waals surface area contributed by atoms with Crippen molar-refractivity contribution >= 4 is 0 Å². The van der Waals surface area contributed by atoms with Gasteiger partial charge in [-0.15, -0.1) is 0 Å². The van der Waals surface area contributed by atoms with Crippen molar-refractivity contribution in [3.8, 4) is 11.4 Å². The molecular formula is C15H23N5O. The zero-order chi connectivity index (χ0) is 15.2. The third-order valence-electron chi connectivity index (χ3n) is 3.42. The van der Waals surface area contributed by atoms with E-state index in [1.165, 1.54) is 5.56 Å². The Kier molecular flexibility index (Phi) is 5.41. The van der Waals surface area contributed by atoms with Crippen LogP contribution < -0.4 is 5.32 Å². The highest BCUT2D eigenvalue weighted by Crippen LogP contribution is 2.18. The maximum atomic E-state index is 5.01. The third-order valence-corrected chi connectivity index (χ3v) is 3.42. The molecule has 21 heavy (non-hydrogen) atoms. The second-order valence-corrected chi connectivity index (χ2v) is 5.09. The summed E-state index contributed by atoms with van der Waals surface area (Å²) in [5, 5.41) is 7.51. The number of nitrogens with one attached hydrogen (secondary N) is 1. The monoisotopic (exact) mass is 289 g/mol. The smallest absolute Gasteiger partial charge is 0.162 e. The van der Waals surface area contributed by atoms with Crippen LogP contribution in [0.3, 0.4) is 0 Å². The maximum absolute atomic E-state index is 5.01. The Balaban J connectivity index is 2.07. The van der Waals surface area contributed by atoms with Gasteiger partial charge >= 0.3 is 0 Å². The summed E-state index contributed by atoms with van der Waals surface area (Å²) in [6.45, 7) is 6.58. The molecule has 0 saturated carbocycles. The molecule has 0 amide bonds. The van der Waals surface area contributed by atoms with E-state index in [9.17, 15) is 0 Å². The minimum Gasteiger partial charge on any atom is -0.383 e. The Morgan fingerprint density at radius 3 is 2.48 bits per heavy atom. The predicted molar refractivity (Wildman–Crippen MR) is 82.2 cm³/mol. The molecule has 0 atom stereocenters.